The molecule has 0 aliphatic rings. The highest BCUT2D eigenvalue weighted by Gasteiger charge is 2.04. The average molecular weight is 219 g/mol. The van der Waals surface area contributed by atoms with Gasteiger partial charge in [-0.3, -0.25) is 4.98 Å². The number of pyridine rings is 1. The minimum atomic E-state index is -0.412. The lowest BCUT2D eigenvalue weighted by molar-refractivity contribution is 0.458. The van der Waals surface area contributed by atoms with E-state index in [1.807, 2.05) is 25.3 Å². The van der Waals surface area contributed by atoms with Crippen LogP contribution in [0.3, 0.4) is 0 Å². The fraction of sp³-hybridized carbons (Fsp3) is 0.364. The second-order valence-corrected chi connectivity index (χ2v) is 3.69. The second kappa shape index (κ2) is 4.30. The van der Waals surface area contributed by atoms with Gasteiger partial charge in [-0.05, 0) is 18.6 Å². The number of aryl methyl sites for hydroxylation is 4. The Balaban J connectivity index is 2.05. The minimum Gasteiger partial charge on any atom is -0.393 e. The Morgan fingerprint density at radius 3 is 2.75 bits per heavy atom. The molecule has 0 spiro atoms. The summed E-state index contributed by atoms with van der Waals surface area (Å²) < 4.78 is 6.11. The van der Waals surface area contributed by atoms with Crippen molar-refractivity contribution in [1.82, 2.24) is 14.8 Å². The van der Waals surface area contributed by atoms with Gasteiger partial charge in [-0.1, -0.05) is 6.07 Å². The highest BCUT2D eigenvalue weighted by Crippen LogP contribution is 2.00. The maximum atomic E-state index is 11.2. The first kappa shape index (κ1) is 10.6. The van der Waals surface area contributed by atoms with Crippen LogP contribution in [0.15, 0.2) is 27.5 Å². The predicted octanol–water partition coefficient (Wildman–Crippen LogP) is 1.09. The lowest BCUT2D eigenvalue weighted by Crippen LogP contribution is -2.17. The molecule has 0 aliphatic carbocycles. The van der Waals surface area contributed by atoms with E-state index in [0.29, 0.717) is 18.9 Å². The molecule has 84 valence electrons. The largest absolute Gasteiger partial charge is 0.437 e. The first-order valence-electron chi connectivity index (χ1n) is 5.11. The maximum Gasteiger partial charge on any atom is 0.437 e. The van der Waals surface area contributed by atoms with Crippen molar-refractivity contribution in [2.75, 3.05) is 0 Å². The van der Waals surface area contributed by atoms with Crippen molar-refractivity contribution in [1.29, 1.82) is 0 Å². The lowest BCUT2D eigenvalue weighted by atomic mass is 10.2. The molecular weight excluding hydrogens is 206 g/mol. The van der Waals surface area contributed by atoms with Gasteiger partial charge in [0.2, 0.25) is 5.89 Å². The summed E-state index contributed by atoms with van der Waals surface area (Å²) in [6.07, 6.45) is 2.48. The molecule has 5 heteroatoms. The third kappa shape index (κ3) is 2.36. The molecule has 0 saturated heterocycles. The van der Waals surface area contributed by atoms with Gasteiger partial charge in [-0.2, -0.15) is 4.68 Å². The summed E-state index contributed by atoms with van der Waals surface area (Å²) in [6.45, 7) is 4.14. The van der Waals surface area contributed by atoms with E-state index >= 15 is 0 Å². The smallest absolute Gasteiger partial charge is 0.393 e. The van der Waals surface area contributed by atoms with Gasteiger partial charge in [0.05, 0.1) is 6.54 Å². The molecule has 2 heterocycles. The molecule has 0 aromatic carbocycles. The van der Waals surface area contributed by atoms with Gasteiger partial charge < -0.3 is 4.42 Å². The molecule has 16 heavy (non-hydrogen) atoms. The van der Waals surface area contributed by atoms with Gasteiger partial charge in [0.1, 0.15) is 0 Å². The molecule has 0 unspecified atom stereocenters. The zero-order valence-electron chi connectivity index (χ0n) is 9.30. The molecule has 0 fully saturated rings. The zero-order chi connectivity index (χ0) is 11.5. The molecule has 0 saturated carbocycles. The van der Waals surface area contributed by atoms with Crippen molar-refractivity contribution < 1.29 is 4.42 Å². The van der Waals surface area contributed by atoms with Gasteiger partial charge in [0, 0.05) is 25.2 Å². The Bertz CT molecular complexity index is 525. The fourth-order valence-corrected chi connectivity index (χ4v) is 1.42. The Hall–Kier alpha value is -1.91. The molecule has 0 bridgehead atoms. The molecule has 5 nitrogen and oxygen atoms in total. The SMILES string of the molecule is Cc1ccc(CCn2nc(C)oc2=O)nc1. The van der Waals surface area contributed by atoms with Crippen LogP contribution in [0.2, 0.25) is 0 Å². The summed E-state index contributed by atoms with van der Waals surface area (Å²) in [5.74, 6) is -0.0218. The summed E-state index contributed by atoms with van der Waals surface area (Å²) >= 11 is 0. The van der Waals surface area contributed by atoms with E-state index in [0.717, 1.165) is 11.3 Å². The van der Waals surface area contributed by atoms with Crippen molar-refractivity contribution in [2.24, 2.45) is 0 Å². The van der Waals surface area contributed by atoms with Crippen LogP contribution in [-0.2, 0) is 13.0 Å². The molecule has 0 N–H and O–H groups in total. The maximum absolute atomic E-state index is 11.2. The monoisotopic (exact) mass is 219 g/mol. The second-order valence-electron chi connectivity index (χ2n) is 3.69. The Morgan fingerprint density at radius 2 is 2.19 bits per heavy atom. The van der Waals surface area contributed by atoms with Crippen molar-refractivity contribution in [3.63, 3.8) is 0 Å². The van der Waals surface area contributed by atoms with Gasteiger partial charge in [0.25, 0.3) is 0 Å². The molecule has 2 aromatic heterocycles. The van der Waals surface area contributed by atoms with E-state index in [1.165, 1.54) is 4.68 Å². The average Bonchev–Trinajstić information content (AvgIpc) is 2.57. The van der Waals surface area contributed by atoms with Crippen molar-refractivity contribution in [2.45, 2.75) is 26.8 Å². The highest BCUT2D eigenvalue weighted by molar-refractivity contribution is 5.12. The van der Waals surface area contributed by atoms with Crippen molar-refractivity contribution >= 4 is 0 Å². The van der Waals surface area contributed by atoms with Crippen LogP contribution < -0.4 is 5.76 Å². The number of rotatable bonds is 3. The molecule has 0 radical (unpaired) electrons. The standard InChI is InChI=1S/C11H13N3O2/c1-8-3-4-10(12-7-8)5-6-14-11(15)16-9(2)13-14/h3-4,7H,5-6H2,1-2H3. The fourth-order valence-electron chi connectivity index (χ4n) is 1.42. The van der Waals surface area contributed by atoms with Crippen LogP contribution >= 0.6 is 0 Å². The van der Waals surface area contributed by atoms with Crippen molar-refractivity contribution in [3.8, 4) is 0 Å². The molecule has 0 amide bonds. The molecule has 2 aromatic rings. The first-order valence-corrected chi connectivity index (χ1v) is 5.11. The van der Waals surface area contributed by atoms with Crippen LogP contribution in [0.1, 0.15) is 17.1 Å². The first-order chi connectivity index (χ1) is 7.65. The third-order valence-corrected chi connectivity index (χ3v) is 2.26. The van der Waals surface area contributed by atoms with Crippen LogP contribution in [0.25, 0.3) is 0 Å². The van der Waals surface area contributed by atoms with Gasteiger partial charge in [-0.15, -0.1) is 5.10 Å². The van der Waals surface area contributed by atoms with Gasteiger partial charge in [0.15, 0.2) is 0 Å². The molecular formula is C11H13N3O2. The van der Waals surface area contributed by atoms with Gasteiger partial charge >= 0.3 is 5.76 Å². The number of hydrogen-bond donors (Lipinski definition) is 0. The normalized spacial score (nSPS) is 10.6. The highest BCUT2D eigenvalue weighted by atomic mass is 16.4. The van der Waals surface area contributed by atoms with E-state index in [4.69, 9.17) is 4.42 Å². The van der Waals surface area contributed by atoms with E-state index in [-0.39, 0.29) is 0 Å². The molecule has 0 aliphatic heterocycles. The van der Waals surface area contributed by atoms with E-state index in [2.05, 4.69) is 10.1 Å². The summed E-state index contributed by atoms with van der Waals surface area (Å²) in [5.41, 5.74) is 2.07. The van der Waals surface area contributed by atoms with E-state index in [9.17, 15) is 4.79 Å². The summed E-state index contributed by atoms with van der Waals surface area (Å²) in [5, 5.41) is 3.95. The van der Waals surface area contributed by atoms with Crippen molar-refractivity contribution in [3.05, 3.63) is 46.0 Å². The Labute approximate surface area is 92.7 Å². The molecule has 0 atom stereocenters. The Morgan fingerprint density at radius 1 is 1.38 bits per heavy atom. The minimum absolute atomic E-state index is 0.391. The van der Waals surface area contributed by atoms with Crippen LogP contribution in [0.5, 0.6) is 0 Å². The summed E-state index contributed by atoms with van der Waals surface area (Å²) in [4.78, 5) is 15.5. The topological polar surface area (TPSA) is 60.9 Å². The predicted molar refractivity (Wildman–Crippen MR) is 58.2 cm³/mol. The summed E-state index contributed by atoms with van der Waals surface area (Å²) in [6, 6.07) is 3.95. The Kier molecular flexibility index (Phi) is 2.85. The van der Waals surface area contributed by atoms with E-state index in [1.54, 1.807) is 6.92 Å². The number of nitrogens with zero attached hydrogens (tertiary/aromatic N) is 3. The van der Waals surface area contributed by atoms with Crippen LogP contribution in [0.4, 0.5) is 0 Å². The number of aromatic nitrogens is 3. The van der Waals surface area contributed by atoms with Crippen LogP contribution in [0, 0.1) is 13.8 Å². The van der Waals surface area contributed by atoms with Crippen LogP contribution in [-0.4, -0.2) is 14.8 Å². The zero-order valence-corrected chi connectivity index (χ0v) is 9.30. The molecule has 2 rings (SSSR count). The summed E-state index contributed by atoms with van der Waals surface area (Å²) in [7, 11) is 0. The quantitative estimate of drug-likeness (QED) is 0.775. The third-order valence-electron chi connectivity index (χ3n) is 2.26. The van der Waals surface area contributed by atoms with E-state index < -0.39 is 5.76 Å². The number of hydrogen-bond acceptors (Lipinski definition) is 4. The van der Waals surface area contributed by atoms with Gasteiger partial charge in [-0.25, -0.2) is 4.79 Å². The lowest BCUT2D eigenvalue weighted by Gasteiger charge is -1.99.